The minimum absolute atomic E-state index is 0.288. The third-order valence-electron chi connectivity index (χ3n) is 2.67. The Kier molecular flexibility index (Phi) is 4.94. The van der Waals surface area contributed by atoms with E-state index in [0.29, 0.717) is 27.4 Å². The Morgan fingerprint density at radius 2 is 1.53 bits per heavy atom. The molecule has 100 valence electrons. The Labute approximate surface area is 127 Å². The topological polar surface area (TPSA) is 35.2 Å². The van der Waals surface area contributed by atoms with Crippen molar-refractivity contribution in [3.05, 3.63) is 62.6 Å². The molecule has 0 amide bonds. The summed E-state index contributed by atoms with van der Waals surface area (Å²) in [4.78, 5) is 0. The first-order valence-electron chi connectivity index (χ1n) is 5.66. The lowest BCUT2D eigenvalue weighted by Gasteiger charge is -2.13. The van der Waals surface area contributed by atoms with Gasteiger partial charge in [-0.1, -0.05) is 59.1 Å². The van der Waals surface area contributed by atoms with E-state index in [9.17, 15) is 0 Å². The Morgan fingerprint density at radius 3 is 2.21 bits per heavy atom. The molecule has 0 unspecified atom stereocenters. The van der Waals surface area contributed by atoms with Crippen LogP contribution in [-0.4, -0.2) is 0 Å². The van der Waals surface area contributed by atoms with Crippen LogP contribution < -0.4 is 10.5 Å². The molecule has 0 radical (unpaired) electrons. The van der Waals surface area contributed by atoms with Crippen LogP contribution in [0.4, 0.5) is 0 Å². The average Bonchev–Trinajstić information content (AvgIpc) is 2.41. The molecule has 19 heavy (non-hydrogen) atoms. The molecule has 0 aromatic heterocycles. The van der Waals surface area contributed by atoms with Crippen LogP contribution in [0.25, 0.3) is 0 Å². The van der Waals surface area contributed by atoms with Gasteiger partial charge >= 0.3 is 0 Å². The summed E-state index contributed by atoms with van der Waals surface area (Å²) in [6, 6.07) is 10.9. The van der Waals surface area contributed by atoms with Gasteiger partial charge in [-0.15, -0.1) is 0 Å². The van der Waals surface area contributed by atoms with Crippen LogP contribution in [0.2, 0.25) is 15.1 Å². The van der Waals surface area contributed by atoms with Gasteiger partial charge in [-0.05, 0) is 12.1 Å². The van der Waals surface area contributed by atoms with Gasteiger partial charge in [-0.3, -0.25) is 0 Å². The maximum Gasteiger partial charge on any atom is 0.142 e. The molecule has 0 heterocycles. The predicted molar refractivity (Wildman–Crippen MR) is 80.1 cm³/mol. The molecule has 0 saturated heterocycles. The standard InChI is InChI=1S/C14H12Cl3NO/c15-11-5-2-4-10(13(11)17)8-19-14-9(7-18)3-1-6-12(14)16/h1-6H,7-8,18H2. The van der Waals surface area contributed by atoms with E-state index in [1.54, 1.807) is 12.1 Å². The van der Waals surface area contributed by atoms with Gasteiger partial charge in [-0.2, -0.15) is 0 Å². The molecular formula is C14H12Cl3NO. The number of benzene rings is 2. The molecule has 0 saturated carbocycles. The van der Waals surface area contributed by atoms with Crippen LogP contribution >= 0.6 is 34.8 Å². The summed E-state index contributed by atoms with van der Waals surface area (Å²) in [5.74, 6) is 0.586. The first-order valence-corrected chi connectivity index (χ1v) is 6.80. The fraction of sp³-hybridized carbons (Fsp3) is 0.143. The van der Waals surface area contributed by atoms with Crippen LogP contribution in [0.3, 0.4) is 0 Å². The van der Waals surface area contributed by atoms with Crippen molar-refractivity contribution in [2.75, 3.05) is 0 Å². The molecule has 2 nitrogen and oxygen atoms in total. The first kappa shape index (κ1) is 14.5. The zero-order valence-corrected chi connectivity index (χ0v) is 12.3. The molecule has 2 N–H and O–H groups in total. The van der Waals surface area contributed by atoms with Crippen molar-refractivity contribution in [2.45, 2.75) is 13.2 Å². The Morgan fingerprint density at radius 1 is 0.895 bits per heavy atom. The van der Waals surface area contributed by atoms with Crippen LogP contribution in [0.15, 0.2) is 36.4 Å². The van der Waals surface area contributed by atoms with E-state index < -0.39 is 0 Å². The molecule has 2 rings (SSSR count). The lowest BCUT2D eigenvalue weighted by atomic mass is 10.2. The number of halogens is 3. The fourth-order valence-corrected chi connectivity index (χ4v) is 2.31. The fourth-order valence-electron chi connectivity index (χ4n) is 1.69. The van der Waals surface area contributed by atoms with E-state index in [1.807, 2.05) is 24.3 Å². The van der Waals surface area contributed by atoms with Crippen LogP contribution in [0.1, 0.15) is 11.1 Å². The number of ether oxygens (including phenoxy) is 1. The summed E-state index contributed by atoms with van der Waals surface area (Å²) in [5, 5.41) is 1.52. The molecule has 0 spiro atoms. The molecule has 2 aromatic carbocycles. The highest BCUT2D eigenvalue weighted by Gasteiger charge is 2.10. The predicted octanol–water partition coefficient (Wildman–Crippen LogP) is 4.68. The van der Waals surface area contributed by atoms with Crippen molar-refractivity contribution in [3.8, 4) is 5.75 Å². The quantitative estimate of drug-likeness (QED) is 0.888. The average molecular weight is 317 g/mol. The van der Waals surface area contributed by atoms with Crippen LogP contribution in [0, 0.1) is 0 Å². The van der Waals surface area contributed by atoms with E-state index >= 15 is 0 Å². The zero-order valence-electron chi connectivity index (χ0n) is 10.00. The van der Waals surface area contributed by atoms with Crippen molar-refractivity contribution in [3.63, 3.8) is 0 Å². The molecule has 0 atom stereocenters. The molecule has 2 aromatic rings. The highest BCUT2D eigenvalue weighted by atomic mass is 35.5. The maximum absolute atomic E-state index is 6.11. The lowest BCUT2D eigenvalue weighted by molar-refractivity contribution is 0.303. The minimum atomic E-state index is 0.288. The number of hydrogen-bond donors (Lipinski definition) is 1. The van der Waals surface area contributed by atoms with Crippen molar-refractivity contribution < 1.29 is 4.74 Å². The second kappa shape index (κ2) is 6.49. The van der Waals surface area contributed by atoms with Gasteiger partial charge in [0.1, 0.15) is 12.4 Å². The second-order valence-electron chi connectivity index (χ2n) is 3.93. The Hall–Kier alpha value is -0.930. The second-order valence-corrected chi connectivity index (χ2v) is 5.13. The molecule has 0 aliphatic rings. The van der Waals surface area contributed by atoms with Crippen LogP contribution in [0.5, 0.6) is 5.75 Å². The molecule has 5 heteroatoms. The van der Waals surface area contributed by atoms with E-state index in [-0.39, 0.29) is 6.61 Å². The third-order valence-corrected chi connectivity index (χ3v) is 3.83. The highest BCUT2D eigenvalue weighted by molar-refractivity contribution is 6.42. The Bertz CT molecular complexity index is 587. The molecule has 0 bridgehead atoms. The summed E-state index contributed by atoms with van der Waals surface area (Å²) in [7, 11) is 0. The summed E-state index contributed by atoms with van der Waals surface area (Å²) < 4.78 is 5.73. The number of hydrogen-bond acceptors (Lipinski definition) is 2. The van der Waals surface area contributed by atoms with Crippen molar-refractivity contribution in [2.24, 2.45) is 5.73 Å². The van der Waals surface area contributed by atoms with E-state index in [4.69, 9.17) is 45.3 Å². The lowest BCUT2D eigenvalue weighted by Crippen LogP contribution is -2.03. The molecule has 0 aliphatic heterocycles. The number of para-hydroxylation sites is 1. The third kappa shape index (κ3) is 3.34. The Balaban J connectivity index is 2.21. The van der Waals surface area contributed by atoms with Gasteiger partial charge in [-0.25, -0.2) is 0 Å². The normalized spacial score (nSPS) is 10.5. The van der Waals surface area contributed by atoms with Gasteiger partial charge in [0, 0.05) is 17.7 Å². The van der Waals surface area contributed by atoms with Gasteiger partial charge in [0.05, 0.1) is 15.1 Å². The number of rotatable bonds is 4. The summed E-state index contributed by atoms with van der Waals surface area (Å²) in [6.45, 7) is 0.648. The van der Waals surface area contributed by atoms with E-state index in [1.165, 1.54) is 0 Å². The van der Waals surface area contributed by atoms with Gasteiger partial charge in [0.15, 0.2) is 0 Å². The largest absolute Gasteiger partial charge is 0.487 e. The van der Waals surface area contributed by atoms with Gasteiger partial charge < -0.3 is 10.5 Å². The van der Waals surface area contributed by atoms with Gasteiger partial charge in [0.25, 0.3) is 0 Å². The zero-order chi connectivity index (χ0) is 13.8. The molecular weight excluding hydrogens is 305 g/mol. The van der Waals surface area contributed by atoms with E-state index in [0.717, 1.165) is 11.1 Å². The van der Waals surface area contributed by atoms with Crippen molar-refractivity contribution in [1.29, 1.82) is 0 Å². The monoisotopic (exact) mass is 315 g/mol. The minimum Gasteiger partial charge on any atom is -0.487 e. The van der Waals surface area contributed by atoms with Gasteiger partial charge in [0.2, 0.25) is 0 Å². The van der Waals surface area contributed by atoms with Crippen molar-refractivity contribution >= 4 is 34.8 Å². The summed E-state index contributed by atoms with van der Waals surface area (Å²) in [6.07, 6.45) is 0. The first-order chi connectivity index (χ1) is 9.13. The SMILES string of the molecule is NCc1cccc(Cl)c1OCc1cccc(Cl)c1Cl. The smallest absolute Gasteiger partial charge is 0.142 e. The summed E-state index contributed by atoms with van der Waals surface area (Å²) in [5.41, 5.74) is 7.31. The molecule has 0 fully saturated rings. The summed E-state index contributed by atoms with van der Waals surface area (Å²) >= 11 is 18.2. The van der Waals surface area contributed by atoms with Crippen LogP contribution in [-0.2, 0) is 13.2 Å². The number of nitrogens with two attached hydrogens (primary N) is 1. The maximum atomic E-state index is 6.11. The van der Waals surface area contributed by atoms with E-state index in [2.05, 4.69) is 0 Å². The molecule has 0 aliphatic carbocycles. The van der Waals surface area contributed by atoms with Crippen molar-refractivity contribution in [1.82, 2.24) is 0 Å². The highest BCUT2D eigenvalue weighted by Crippen LogP contribution is 2.31.